The van der Waals surface area contributed by atoms with Crippen LogP contribution in [-0.2, 0) is 21.0 Å². The molecule has 0 spiro atoms. The Hall–Kier alpha value is -4.73. The quantitative estimate of drug-likeness (QED) is 0.145. The minimum absolute atomic E-state index is 0.168. The molecule has 4 aromatic carbocycles. The summed E-state index contributed by atoms with van der Waals surface area (Å²) in [4.78, 5) is 42.5. The van der Waals surface area contributed by atoms with E-state index in [0.717, 1.165) is 22.3 Å². The highest BCUT2D eigenvalue weighted by Gasteiger charge is 2.56. The number of hydrogen-bond donors (Lipinski definition) is 3. The first-order chi connectivity index (χ1) is 23.7. The smallest absolute Gasteiger partial charge is 0.235 e. The second-order valence-corrected chi connectivity index (χ2v) is 13.6. The molecule has 0 heterocycles. The van der Waals surface area contributed by atoms with E-state index in [2.05, 4.69) is 10.6 Å². The summed E-state index contributed by atoms with van der Waals surface area (Å²) in [5, 5.41) is 18.0. The van der Waals surface area contributed by atoms with E-state index < -0.39 is 53.2 Å². The molecule has 2 amide bonds. The fourth-order valence-electron chi connectivity index (χ4n) is 6.59. The van der Waals surface area contributed by atoms with Crippen LogP contribution in [0.1, 0.15) is 59.6 Å². The van der Waals surface area contributed by atoms with Crippen molar-refractivity contribution in [3.05, 3.63) is 117 Å². The van der Waals surface area contributed by atoms with E-state index in [0.29, 0.717) is 16.9 Å². The first kappa shape index (κ1) is 36.5. The number of hydrogen-bond acceptors (Lipinski definition) is 6. The largest absolute Gasteiger partial charge is 0.490 e. The van der Waals surface area contributed by atoms with Crippen LogP contribution in [0.4, 0.5) is 15.8 Å². The Labute approximate surface area is 297 Å². The highest BCUT2D eigenvalue weighted by Crippen LogP contribution is 2.48. The molecule has 8 nitrogen and oxygen atoms in total. The Morgan fingerprint density at radius 3 is 2.10 bits per heavy atom. The Bertz CT molecular complexity index is 1920. The molecule has 0 saturated heterocycles. The van der Waals surface area contributed by atoms with Gasteiger partial charge in [-0.1, -0.05) is 48.0 Å². The molecule has 4 aromatic rings. The predicted molar refractivity (Wildman–Crippen MR) is 192 cm³/mol. The Balaban J connectivity index is 1.60. The molecular formula is C40H42ClFN2O6. The van der Waals surface area contributed by atoms with Crippen molar-refractivity contribution in [2.45, 2.75) is 66.1 Å². The summed E-state index contributed by atoms with van der Waals surface area (Å²) in [6.07, 6.45) is -0.415. The summed E-state index contributed by atoms with van der Waals surface area (Å²) in [6, 6.07) is 20.4. The second-order valence-electron chi connectivity index (χ2n) is 13.2. The first-order valence-corrected chi connectivity index (χ1v) is 16.9. The standard InChI is InChI=1S/C40H42ClFN2O6/c1-7-49-34-19-26(15-16-33(34)50-21-27-28(41)9-8-10-29(27)42)35-36(38(46)43-30-17-22(2)11-13-24(30)4)32(45)20-40(6,48)37(35)39(47)44-31-18-23(3)12-14-25(31)5/h8-19,35-37,48H,7,20-21H2,1-6H3,(H,43,46)(H,44,47). The summed E-state index contributed by atoms with van der Waals surface area (Å²) in [5.74, 6) is -5.36. The van der Waals surface area contributed by atoms with Crippen molar-refractivity contribution >= 4 is 40.6 Å². The van der Waals surface area contributed by atoms with Crippen LogP contribution in [0, 0.1) is 45.3 Å². The average molecular weight is 701 g/mol. The van der Waals surface area contributed by atoms with E-state index in [9.17, 15) is 23.9 Å². The Kier molecular flexibility index (Phi) is 11.0. The lowest BCUT2D eigenvalue weighted by Gasteiger charge is -2.44. The number of rotatable bonds is 10. The molecule has 10 heteroatoms. The second kappa shape index (κ2) is 15.0. The van der Waals surface area contributed by atoms with Crippen molar-refractivity contribution in [2.75, 3.05) is 17.2 Å². The van der Waals surface area contributed by atoms with Crippen molar-refractivity contribution < 1.29 is 33.4 Å². The minimum atomic E-state index is -1.82. The third-order valence-corrected chi connectivity index (χ3v) is 9.57. The zero-order valence-corrected chi connectivity index (χ0v) is 29.8. The topological polar surface area (TPSA) is 114 Å². The number of aryl methyl sites for hydroxylation is 4. The molecule has 0 radical (unpaired) electrons. The van der Waals surface area contributed by atoms with Crippen LogP contribution in [0.2, 0.25) is 5.02 Å². The third kappa shape index (κ3) is 7.85. The van der Waals surface area contributed by atoms with E-state index >= 15 is 0 Å². The van der Waals surface area contributed by atoms with Crippen LogP contribution >= 0.6 is 11.6 Å². The lowest BCUT2D eigenvalue weighted by Crippen LogP contribution is -2.56. The lowest BCUT2D eigenvalue weighted by atomic mass is 9.61. The van der Waals surface area contributed by atoms with Crippen molar-refractivity contribution in [3.63, 3.8) is 0 Å². The normalized spacial score (nSPS) is 20.3. The molecule has 0 bridgehead atoms. The maximum atomic E-state index is 14.5. The molecule has 262 valence electrons. The molecule has 4 unspecified atom stereocenters. The molecule has 5 rings (SSSR count). The van der Waals surface area contributed by atoms with Crippen LogP contribution in [0.25, 0.3) is 0 Å². The van der Waals surface area contributed by atoms with E-state index in [1.165, 1.54) is 19.1 Å². The maximum Gasteiger partial charge on any atom is 0.235 e. The van der Waals surface area contributed by atoms with Crippen molar-refractivity contribution in [2.24, 2.45) is 11.8 Å². The van der Waals surface area contributed by atoms with Crippen LogP contribution < -0.4 is 20.1 Å². The van der Waals surface area contributed by atoms with E-state index in [-0.39, 0.29) is 35.3 Å². The number of carbonyl (C=O) groups is 3. The maximum absolute atomic E-state index is 14.5. The first-order valence-electron chi connectivity index (χ1n) is 16.5. The molecule has 1 aliphatic carbocycles. The molecule has 1 saturated carbocycles. The van der Waals surface area contributed by atoms with Gasteiger partial charge in [0.15, 0.2) is 11.5 Å². The van der Waals surface area contributed by atoms with Crippen LogP contribution in [0.3, 0.4) is 0 Å². The van der Waals surface area contributed by atoms with Gasteiger partial charge in [-0.3, -0.25) is 14.4 Å². The van der Waals surface area contributed by atoms with Gasteiger partial charge in [0.2, 0.25) is 11.8 Å². The zero-order chi connectivity index (χ0) is 36.3. The van der Waals surface area contributed by atoms with Gasteiger partial charge in [0, 0.05) is 29.3 Å². The number of nitrogens with one attached hydrogen (secondary N) is 2. The molecule has 1 aliphatic rings. The number of benzene rings is 4. The number of amides is 2. The average Bonchev–Trinajstić information content (AvgIpc) is 3.04. The van der Waals surface area contributed by atoms with Gasteiger partial charge < -0.3 is 25.2 Å². The minimum Gasteiger partial charge on any atom is -0.490 e. The van der Waals surface area contributed by atoms with Crippen LogP contribution in [-0.4, -0.2) is 34.9 Å². The number of anilines is 2. The van der Waals surface area contributed by atoms with E-state index in [1.54, 1.807) is 31.2 Å². The fraction of sp³-hybridized carbons (Fsp3) is 0.325. The highest BCUT2D eigenvalue weighted by atomic mass is 35.5. The summed E-state index contributed by atoms with van der Waals surface area (Å²) in [7, 11) is 0. The van der Waals surface area contributed by atoms with Gasteiger partial charge in [-0.25, -0.2) is 4.39 Å². The SMILES string of the molecule is CCOc1cc(C2C(C(=O)Nc3cc(C)ccc3C)C(=O)CC(C)(O)C2C(=O)Nc2cc(C)ccc2C)ccc1OCc1c(F)cccc1Cl. The van der Waals surface area contributed by atoms with Crippen molar-refractivity contribution in [1.82, 2.24) is 0 Å². The van der Waals surface area contributed by atoms with Gasteiger partial charge in [0.25, 0.3) is 0 Å². The predicted octanol–water partition coefficient (Wildman–Crippen LogP) is 8.01. The summed E-state index contributed by atoms with van der Waals surface area (Å²) >= 11 is 6.23. The number of ketones is 1. The summed E-state index contributed by atoms with van der Waals surface area (Å²) < 4.78 is 26.4. The van der Waals surface area contributed by atoms with Gasteiger partial charge >= 0.3 is 0 Å². The number of aliphatic hydroxyl groups is 1. The molecule has 4 atom stereocenters. The number of Topliss-reactive ketones (excluding diaryl/α,β-unsaturated/α-hetero) is 1. The molecular weight excluding hydrogens is 659 g/mol. The molecule has 0 aliphatic heterocycles. The Morgan fingerprint density at radius 1 is 0.880 bits per heavy atom. The monoisotopic (exact) mass is 700 g/mol. The summed E-state index contributed by atoms with van der Waals surface area (Å²) in [5.41, 5.74) is 3.31. The van der Waals surface area contributed by atoms with Gasteiger partial charge in [-0.2, -0.15) is 0 Å². The third-order valence-electron chi connectivity index (χ3n) is 9.22. The number of ether oxygens (including phenoxy) is 2. The van der Waals surface area contributed by atoms with E-state index in [1.807, 2.05) is 64.1 Å². The van der Waals surface area contributed by atoms with Crippen LogP contribution in [0.15, 0.2) is 72.8 Å². The fourth-order valence-corrected chi connectivity index (χ4v) is 6.81. The number of carbonyl (C=O) groups excluding carboxylic acids is 3. The number of halogens is 2. The molecule has 50 heavy (non-hydrogen) atoms. The zero-order valence-electron chi connectivity index (χ0n) is 29.0. The molecule has 0 aromatic heterocycles. The van der Waals surface area contributed by atoms with Gasteiger partial charge in [0.1, 0.15) is 24.1 Å². The van der Waals surface area contributed by atoms with Gasteiger partial charge in [0.05, 0.1) is 23.1 Å². The molecule has 3 N–H and O–H groups in total. The van der Waals surface area contributed by atoms with E-state index in [4.69, 9.17) is 21.1 Å². The van der Waals surface area contributed by atoms with Crippen molar-refractivity contribution in [1.29, 1.82) is 0 Å². The van der Waals surface area contributed by atoms with Crippen LogP contribution in [0.5, 0.6) is 11.5 Å². The van der Waals surface area contributed by atoms with Crippen molar-refractivity contribution in [3.8, 4) is 11.5 Å². The highest BCUT2D eigenvalue weighted by molar-refractivity contribution is 6.31. The molecule has 1 fully saturated rings. The lowest BCUT2D eigenvalue weighted by molar-refractivity contribution is -0.150. The van der Waals surface area contributed by atoms with Gasteiger partial charge in [-0.15, -0.1) is 0 Å². The Morgan fingerprint density at radius 2 is 1.50 bits per heavy atom. The summed E-state index contributed by atoms with van der Waals surface area (Å²) in [6.45, 7) is 10.8. The van der Waals surface area contributed by atoms with Gasteiger partial charge in [-0.05, 0) is 106 Å².